The quantitative estimate of drug-likeness (QED) is 0.640. The van der Waals surface area contributed by atoms with Crippen LogP contribution in [0.5, 0.6) is 0 Å². The lowest BCUT2D eigenvalue weighted by atomic mass is 9.75. The van der Waals surface area contributed by atoms with Crippen LogP contribution in [0.2, 0.25) is 0 Å². The van der Waals surface area contributed by atoms with E-state index in [1.807, 2.05) is 24.3 Å². The molecule has 1 aliphatic heterocycles. The number of hydrogen-bond donors (Lipinski definition) is 0. The maximum absolute atomic E-state index is 12.6. The molecule has 0 N–H and O–H groups in total. The van der Waals surface area contributed by atoms with Crippen LogP contribution < -0.4 is 0 Å². The van der Waals surface area contributed by atoms with Gasteiger partial charge >= 0.3 is 0 Å². The average Bonchev–Trinajstić information content (AvgIpc) is 2.78. The number of rotatable bonds is 3. The maximum atomic E-state index is 12.6. The molecule has 0 radical (unpaired) electrons. The van der Waals surface area contributed by atoms with Crippen LogP contribution in [0, 0.1) is 5.41 Å². The van der Waals surface area contributed by atoms with Crippen LogP contribution in [0.3, 0.4) is 0 Å². The van der Waals surface area contributed by atoms with Gasteiger partial charge in [0, 0.05) is 11.0 Å². The van der Waals surface area contributed by atoms with Crippen LogP contribution in [0.15, 0.2) is 33.6 Å². The maximum Gasteiger partial charge on any atom is 0.293 e. The molecule has 23 heavy (non-hydrogen) atoms. The zero-order valence-electron chi connectivity index (χ0n) is 13.2. The molecule has 3 rings (SSSR count). The van der Waals surface area contributed by atoms with Crippen LogP contribution in [-0.4, -0.2) is 22.6 Å². The van der Waals surface area contributed by atoms with Gasteiger partial charge in [0.2, 0.25) is 0 Å². The average molecular weight is 394 g/mol. The molecule has 122 valence electrons. The highest BCUT2D eigenvalue weighted by molar-refractivity contribution is 9.10. The molecule has 3 nitrogen and oxygen atoms in total. The fourth-order valence-corrected chi connectivity index (χ4v) is 4.39. The molecule has 5 heteroatoms. The molecule has 1 saturated heterocycles. The van der Waals surface area contributed by atoms with Gasteiger partial charge in [0.25, 0.3) is 11.1 Å². The van der Waals surface area contributed by atoms with E-state index in [0.717, 1.165) is 34.6 Å². The Morgan fingerprint density at radius 1 is 1.17 bits per heavy atom. The van der Waals surface area contributed by atoms with Crippen molar-refractivity contribution in [2.24, 2.45) is 5.41 Å². The molecule has 0 bridgehead atoms. The SMILES string of the molecule is CC1(CN2C(=O)S/C(=C\c3ccc(Br)cc3)C2=O)CCCCC1. The summed E-state index contributed by atoms with van der Waals surface area (Å²) < 4.78 is 0.993. The first-order valence-electron chi connectivity index (χ1n) is 7.98. The number of thioether (sulfide) groups is 1. The Morgan fingerprint density at radius 3 is 2.48 bits per heavy atom. The summed E-state index contributed by atoms with van der Waals surface area (Å²) >= 11 is 4.45. The molecule has 0 atom stereocenters. The third kappa shape index (κ3) is 3.89. The van der Waals surface area contributed by atoms with Gasteiger partial charge in [0.1, 0.15) is 0 Å². The van der Waals surface area contributed by atoms with Crippen LogP contribution in [-0.2, 0) is 4.79 Å². The molecule has 1 saturated carbocycles. The van der Waals surface area contributed by atoms with E-state index in [2.05, 4.69) is 22.9 Å². The first-order valence-corrected chi connectivity index (χ1v) is 9.59. The van der Waals surface area contributed by atoms with Gasteiger partial charge in [-0.15, -0.1) is 0 Å². The second kappa shape index (κ2) is 6.81. The normalized spacial score (nSPS) is 22.9. The minimum absolute atomic E-state index is 0.0805. The fourth-order valence-electron chi connectivity index (χ4n) is 3.29. The van der Waals surface area contributed by atoms with E-state index in [0.29, 0.717) is 11.4 Å². The molecule has 2 fully saturated rings. The number of halogens is 1. The van der Waals surface area contributed by atoms with Crippen molar-refractivity contribution < 1.29 is 9.59 Å². The van der Waals surface area contributed by atoms with Gasteiger partial charge in [-0.05, 0) is 53.8 Å². The van der Waals surface area contributed by atoms with Crippen molar-refractivity contribution in [1.29, 1.82) is 0 Å². The van der Waals surface area contributed by atoms with Crippen molar-refractivity contribution in [3.05, 3.63) is 39.2 Å². The first kappa shape index (κ1) is 16.8. The Morgan fingerprint density at radius 2 is 1.83 bits per heavy atom. The van der Waals surface area contributed by atoms with E-state index in [1.165, 1.54) is 24.2 Å². The van der Waals surface area contributed by atoms with Crippen molar-refractivity contribution in [3.8, 4) is 0 Å². The molecular formula is C18H20BrNO2S. The van der Waals surface area contributed by atoms with Crippen molar-refractivity contribution in [3.63, 3.8) is 0 Å². The van der Waals surface area contributed by atoms with Crippen LogP contribution in [0.25, 0.3) is 6.08 Å². The number of nitrogens with zero attached hydrogens (tertiary/aromatic N) is 1. The largest absolute Gasteiger partial charge is 0.293 e. The zero-order chi connectivity index (χ0) is 16.4. The van der Waals surface area contributed by atoms with Crippen molar-refractivity contribution in [2.75, 3.05) is 6.54 Å². The lowest BCUT2D eigenvalue weighted by molar-refractivity contribution is -0.124. The van der Waals surface area contributed by atoms with Crippen LogP contribution in [0.1, 0.15) is 44.6 Å². The monoisotopic (exact) mass is 393 g/mol. The van der Waals surface area contributed by atoms with Crippen molar-refractivity contribution in [2.45, 2.75) is 39.0 Å². The Hall–Kier alpha value is -1.07. The van der Waals surface area contributed by atoms with Gasteiger partial charge in [-0.2, -0.15) is 0 Å². The van der Waals surface area contributed by atoms with E-state index >= 15 is 0 Å². The number of carbonyl (C=O) groups excluding carboxylic acids is 2. The van der Waals surface area contributed by atoms with E-state index in [4.69, 9.17) is 0 Å². The molecule has 1 aromatic rings. The standard InChI is InChI=1S/C18H20BrNO2S/c1-18(9-3-2-4-10-18)12-20-16(21)15(23-17(20)22)11-13-5-7-14(19)8-6-13/h5-8,11H,2-4,9-10,12H2,1H3/b15-11-. The Labute approximate surface area is 149 Å². The highest BCUT2D eigenvalue weighted by Gasteiger charge is 2.40. The van der Waals surface area contributed by atoms with Crippen LogP contribution in [0.4, 0.5) is 4.79 Å². The third-order valence-corrected chi connectivity index (χ3v) is 6.08. The number of imide groups is 1. The van der Waals surface area contributed by atoms with Gasteiger partial charge in [0.15, 0.2) is 0 Å². The van der Waals surface area contributed by atoms with Gasteiger partial charge in [-0.3, -0.25) is 14.5 Å². The first-order chi connectivity index (χ1) is 11.0. The molecular weight excluding hydrogens is 374 g/mol. The summed E-state index contributed by atoms with van der Waals surface area (Å²) in [6.45, 7) is 2.75. The molecule has 1 heterocycles. The molecule has 0 aromatic heterocycles. The highest BCUT2D eigenvalue weighted by Crippen LogP contribution is 2.40. The molecule has 2 aliphatic rings. The summed E-state index contributed by atoms with van der Waals surface area (Å²) in [4.78, 5) is 26.9. The van der Waals surface area contributed by atoms with E-state index in [-0.39, 0.29) is 16.6 Å². The number of carbonyl (C=O) groups is 2. The smallest absolute Gasteiger partial charge is 0.268 e. The zero-order valence-corrected chi connectivity index (χ0v) is 15.6. The predicted molar refractivity (Wildman–Crippen MR) is 98.0 cm³/mol. The van der Waals surface area contributed by atoms with Gasteiger partial charge in [-0.1, -0.05) is 54.2 Å². The number of hydrogen-bond acceptors (Lipinski definition) is 3. The van der Waals surface area contributed by atoms with E-state index in [1.54, 1.807) is 6.08 Å². The minimum atomic E-state index is -0.144. The molecule has 0 spiro atoms. The Kier molecular flexibility index (Phi) is 4.97. The van der Waals surface area contributed by atoms with E-state index in [9.17, 15) is 9.59 Å². The Balaban J connectivity index is 1.75. The van der Waals surface area contributed by atoms with Gasteiger partial charge < -0.3 is 0 Å². The molecule has 0 unspecified atom stereocenters. The number of amides is 2. The second-order valence-electron chi connectivity index (χ2n) is 6.69. The van der Waals surface area contributed by atoms with Crippen molar-refractivity contribution >= 4 is 44.9 Å². The molecule has 1 aromatic carbocycles. The summed E-state index contributed by atoms with van der Waals surface area (Å²) in [7, 11) is 0. The molecule has 2 amide bonds. The molecule has 1 aliphatic carbocycles. The lowest BCUT2D eigenvalue weighted by Crippen LogP contribution is -2.39. The topological polar surface area (TPSA) is 37.4 Å². The highest BCUT2D eigenvalue weighted by atomic mass is 79.9. The summed E-state index contributed by atoms with van der Waals surface area (Å²) in [5.74, 6) is -0.144. The Bertz CT molecular complexity index is 647. The van der Waals surface area contributed by atoms with Crippen molar-refractivity contribution in [1.82, 2.24) is 4.90 Å². The van der Waals surface area contributed by atoms with Crippen LogP contribution >= 0.6 is 27.7 Å². The van der Waals surface area contributed by atoms with E-state index < -0.39 is 0 Å². The summed E-state index contributed by atoms with van der Waals surface area (Å²) in [6, 6.07) is 7.72. The van der Waals surface area contributed by atoms with Gasteiger partial charge in [-0.25, -0.2) is 0 Å². The lowest BCUT2D eigenvalue weighted by Gasteiger charge is -2.35. The predicted octanol–water partition coefficient (Wildman–Crippen LogP) is 5.46. The number of benzene rings is 1. The summed E-state index contributed by atoms with van der Waals surface area (Å²) in [6.07, 6.45) is 7.66. The van der Waals surface area contributed by atoms with Gasteiger partial charge in [0.05, 0.1) is 4.91 Å². The summed E-state index contributed by atoms with van der Waals surface area (Å²) in [5.41, 5.74) is 1.01. The second-order valence-corrected chi connectivity index (χ2v) is 8.60. The summed E-state index contributed by atoms with van der Waals surface area (Å²) in [5, 5.41) is -0.134. The minimum Gasteiger partial charge on any atom is -0.268 e. The fraction of sp³-hybridized carbons (Fsp3) is 0.444. The third-order valence-electron chi connectivity index (χ3n) is 4.64.